The second-order valence-corrected chi connectivity index (χ2v) is 6.51. The van der Waals surface area contributed by atoms with Crippen LogP contribution in [0.4, 0.5) is 0 Å². The van der Waals surface area contributed by atoms with Gasteiger partial charge in [-0.2, -0.15) is 0 Å². The van der Waals surface area contributed by atoms with Crippen LogP contribution in [-0.2, 0) is 4.79 Å². The molecule has 1 amide bonds. The summed E-state index contributed by atoms with van der Waals surface area (Å²) in [5, 5.41) is 12.3. The van der Waals surface area contributed by atoms with Crippen molar-refractivity contribution in [3.05, 3.63) is 29.3 Å². The SMILES string of the molecule is CC(Sc1ccccc1Cl)C(=O)NC(C)(C)CO. The van der Waals surface area contributed by atoms with Crippen molar-refractivity contribution in [2.45, 2.75) is 36.5 Å². The van der Waals surface area contributed by atoms with Crippen molar-refractivity contribution in [2.75, 3.05) is 6.61 Å². The van der Waals surface area contributed by atoms with Crippen LogP contribution in [0.5, 0.6) is 0 Å². The summed E-state index contributed by atoms with van der Waals surface area (Å²) in [5.41, 5.74) is -0.605. The number of thioether (sulfide) groups is 1. The fourth-order valence-electron chi connectivity index (χ4n) is 1.26. The highest BCUT2D eigenvalue weighted by atomic mass is 35.5. The molecule has 0 saturated carbocycles. The van der Waals surface area contributed by atoms with Gasteiger partial charge in [-0.1, -0.05) is 23.7 Å². The van der Waals surface area contributed by atoms with Crippen LogP contribution in [0.1, 0.15) is 20.8 Å². The number of halogens is 1. The minimum absolute atomic E-state index is 0.0950. The summed E-state index contributed by atoms with van der Waals surface area (Å²) < 4.78 is 0. The van der Waals surface area contributed by atoms with Crippen molar-refractivity contribution in [2.24, 2.45) is 0 Å². The number of aliphatic hydroxyl groups is 1. The molecule has 1 atom stereocenters. The van der Waals surface area contributed by atoms with Crippen LogP contribution in [-0.4, -0.2) is 28.4 Å². The molecule has 1 rings (SSSR count). The molecule has 3 nitrogen and oxygen atoms in total. The predicted molar refractivity (Wildman–Crippen MR) is 76.1 cm³/mol. The standard InChI is InChI=1S/C13H18ClNO2S/c1-9(12(17)15-13(2,3)8-16)18-11-7-5-4-6-10(11)14/h4-7,9,16H,8H2,1-3H3,(H,15,17). The summed E-state index contributed by atoms with van der Waals surface area (Å²) in [7, 11) is 0. The molecule has 1 unspecified atom stereocenters. The smallest absolute Gasteiger partial charge is 0.233 e. The zero-order chi connectivity index (χ0) is 13.8. The third-order valence-electron chi connectivity index (χ3n) is 2.37. The van der Waals surface area contributed by atoms with Gasteiger partial charge < -0.3 is 10.4 Å². The number of hydrogen-bond acceptors (Lipinski definition) is 3. The predicted octanol–water partition coefficient (Wildman–Crippen LogP) is 2.71. The number of carbonyl (C=O) groups excluding carboxylic acids is 1. The zero-order valence-corrected chi connectivity index (χ0v) is 12.3. The number of nitrogens with one attached hydrogen (secondary N) is 1. The molecule has 0 saturated heterocycles. The summed E-state index contributed by atoms with van der Waals surface area (Å²) in [6, 6.07) is 7.42. The normalized spacial score (nSPS) is 13.2. The summed E-state index contributed by atoms with van der Waals surface area (Å²) >= 11 is 7.44. The average Bonchev–Trinajstić information content (AvgIpc) is 2.31. The fraction of sp³-hybridized carbons (Fsp3) is 0.462. The molecule has 18 heavy (non-hydrogen) atoms. The van der Waals surface area contributed by atoms with Crippen LogP contribution in [0.2, 0.25) is 5.02 Å². The minimum atomic E-state index is -0.605. The van der Waals surface area contributed by atoms with E-state index in [0.29, 0.717) is 5.02 Å². The van der Waals surface area contributed by atoms with E-state index in [1.807, 2.05) is 25.1 Å². The molecule has 1 aromatic rings. The first kappa shape index (κ1) is 15.3. The maximum Gasteiger partial charge on any atom is 0.233 e. The Balaban J connectivity index is 2.63. The van der Waals surface area contributed by atoms with Crippen molar-refractivity contribution in [3.8, 4) is 0 Å². The molecule has 0 aliphatic carbocycles. The highest BCUT2D eigenvalue weighted by molar-refractivity contribution is 8.00. The zero-order valence-electron chi connectivity index (χ0n) is 10.7. The number of rotatable bonds is 5. The van der Waals surface area contributed by atoms with Gasteiger partial charge in [-0.05, 0) is 32.9 Å². The van der Waals surface area contributed by atoms with E-state index < -0.39 is 5.54 Å². The third kappa shape index (κ3) is 4.52. The Morgan fingerprint density at radius 3 is 2.67 bits per heavy atom. The van der Waals surface area contributed by atoms with Crippen LogP contribution in [0, 0.1) is 0 Å². The summed E-state index contributed by atoms with van der Waals surface area (Å²) in [5.74, 6) is -0.112. The monoisotopic (exact) mass is 287 g/mol. The highest BCUT2D eigenvalue weighted by Crippen LogP contribution is 2.30. The lowest BCUT2D eigenvalue weighted by Crippen LogP contribution is -2.48. The van der Waals surface area contributed by atoms with E-state index in [9.17, 15) is 4.79 Å². The van der Waals surface area contributed by atoms with Crippen LogP contribution in [0.25, 0.3) is 0 Å². The molecule has 0 fully saturated rings. The van der Waals surface area contributed by atoms with Gasteiger partial charge in [-0.25, -0.2) is 0 Å². The minimum Gasteiger partial charge on any atom is -0.394 e. The number of hydrogen-bond donors (Lipinski definition) is 2. The molecular formula is C13H18ClNO2S. The lowest BCUT2D eigenvalue weighted by atomic mass is 10.1. The Kier molecular flexibility index (Phi) is 5.50. The van der Waals surface area contributed by atoms with E-state index in [4.69, 9.17) is 16.7 Å². The quantitative estimate of drug-likeness (QED) is 0.819. The van der Waals surface area contributed by atoms with Gasteiger partial charge in [0, 0.05) is 4.90 Å². The summed E-state index contributed by atoms with van der Waals surface area (Å²) in [4.78, 5) is 12.8. The molecule has 100 valence electrons. The Morgan fingerprint density at radius 1 is 1.50 bits per heavy atom. The first-order valence-electron chi connectivity index (χ1n) is 5.70. The molecule has 0 radical (unpaired) electrons. The Morgan fingerprint density at radius 2 is 2.11 bits per heavy atom. The van der Waals surface area contributed by atoms with Gasteiger partial charge in [0.2, 0.25) is 5.91 Å². The molecule has 0 aliphatic heterocycles. The second kappa shape index (κ2) is 6.45. The van der Waals surface area contributed by atoms with E-state index in [1.165, 1.54) is 11.8 Å². The van der Waals surface area contributed by atoms with E-state index in [0.717, 1.165) is 4.90 Å². The first-order valence-corrected chi connectivity index (χ1v) is 6.95. The van der Waals surface area contributed by atoms with Gasteiger partial charge >= 0.3 is 0 Å². The van der Waals surface area contributed by atoms with E-state index in [1.54, 1.807) is 19.9 Å². The van der Waals surface area contributed by atoms with E-state index in [-0.39, 0.29) is 17.8 Å². The number of amides is 1. The Bertz CT molecular complexity index is 423. The van der Waals surface area contributed by atoms with Crippen molar-refractivity contribution >= 4 is 29.3 Å². The van der Waals surface area contributed by atoms with Crippen LogP contribution in [0.15, 0.2) is 29.2 Å². The van der Waals surface area contributed by atoms with Gasteiger partial charge in [-0.15, -0.1) is 11.8 Å². The summed E-state index contributed by atoms with van der Waals surface area (Å²) in [6.07, 6.45) is 0. The van der Waals surface area contributed by atoms with Crippen molar-refractivity contribution in [1.29, 1.82) is 0 Å². The van der Waals surface area contributed by atoms with Crippen molar-refractivity contribution in [1.82, 2.24) is 5.32 Å². The lowest BCUT2D eigenvalue weighted by Gasteiger charge is -2.25. The van der Waals surface area contributed by atoms with Gasteiger partial charge in [0.1, 0.15) is 0 Å². The third-order valence-corrected chi connectivity index (χ3v) is 3.99. The largest absolute Gasteiger partial charge is 0.394 e. The highest BCUT2D eigenvalue weighted by Gasteiger charge is 2.23. The topological polar surface area (TPSA) is 49.3 Å². The molecule has 0 spiro atoms. The average molecular weight is 288 g/mol. The lowest BCUT2D eigenvalue weighted by molar-refractivity contribution is -0.122. The number of carbonyl (C=O) groups is 1. The maximum absolute atomic E-state index is 11.9. The molecule has 0 aromatic heterocycles. The number of benzene rings is 1. The van der Waals surface area contributed by atoms with Gasteiger partial charge in [0.05, 0.1) is 22.4 Å². The van der Waals surface area contributed by atoms with Crippen molar-refractivity contribution < 1.29 is 9.90 Å². The van der Waals surface area contributed by atoms with Gasteiger partial charge in [0.25, 0.3) is 0 Å². The molecule has 5 heteroatoms. The second-order valence-electron chi connectivity index (χ2n) is 4.72. The van der Waals surface area contributed by atoms with E-state index in [2.05, 4.69) is 5.32 Å². The van der Waals surface area contributed by atoms with Crippen LogP contribution < -0.4 is 5.32 Å². The van der Waals surface area contributed by atoms with E-state index >= 15 is 0 Å². The molecule has 0 heterocycles. The number of aliphatic hydroxyl groups excluding tert-OH is 1. The van der Waals surface area contributed by atoms with Gasteiger partial charge in [0.15, 0.2) is 0 Å². The maximum atomic E-state index is 11.9. The summed E-state index contributed by atoms with van der Waals surface area (Å²) in [6.45, 7) is 5.27. The Labute approximate surface area is 117 Å². The molecule has 0 bridgehead atoms. The fourth-order valence-corrected chi connectivity index (χ4v) is 2.41. The molecule has 2 N–H and O–H groups in total. The van der Waals surface area contributed by atoms with Gasteiger partial charge in [-0.3, -0.25) is 4.79 Å². The van der Waals surface area contributed by atoms with Crippen molar-refractivity contribution in [3.63, 3.8) is 0 Å². The van der Waals surface area contributed by atoms with Crippen LogP contribution in [0.3, 0.4) is 0 Å². The first-order chi connectivity index (χ1) is 8.35. The molecular weight excluding hydrogens is 270 g/mol. The Hall–Kier alpha value is -0.710. The molecule has 0 aliphatic rings. The molecule has 1 aromatic carbocycles. The van der Waals surface area contributed by atoms with Crippen LogP contribution >= 0.6 is 23.4 Å².